The Bertz CT molecular complexity index is 493. The third kappa shape index (κ3) is 1.59. The van der Waals surface area contributed by atoms with Crippen LogP contribution in [0, 0.1) is 6.92 Å². The van der Waals surface area contributed by atoms with Crippen molar-refractivity contribution < 1.29 is 0 Å². The van der Waals surface area contributed by atoms with E-state index >= 15 is 0 Å². The van der Waals surface area contributed by atoms with E-state index in [0.717, 1.165) is 31.0 Å². The molecule has 0 aliphatic carbocycles. The lowest BCUT2D eigenvalue weighted by Gasteiger charge is -2.16. The molecule has 16 heavy (non-hydrogen) atoms. The Kier molecular flexibility index (Phi) is 2.36. The van der Waals surface area contributed by atoms with Gasteiger partial charge >= 0.3 is 0 Å². The van der Waals surface area contributed by atoms with Crippen molar-refractivity contribution in [1.82, 2.24) is 9.97 Å². The van der Waals surface area contributed by atoms with Gasteiger partial charge in [-0.05, 0) is 24.8 Å². The molecule has 2 aromatic rings. The number of rotatable bonds is 2. The molecular formula is C12H13N3S. The largest absolute Gasteiger partial charge is 0.351 e. The van der Waals surface area contributed by atoms with E-state index in [1.807, 2.05) is 0 Å². The van der Waals surface area contributed by atoms with E-state index in [1.165, 1.54) is 10.4 Å². The van der Waals surface area contributed by atoms with Crippen LogP contribution in [0.25, 0.3) is 0 Å². The molecule has 3 heterocycles. The van der Waals surface area contributed by atoms with Crippen molar-refractivity contribution in [3.63, 3.8) is 0 Å². The molecule has 0 spiro atoms. The first-order valence-electron chi connectivity index (χ1n) is 5.42. The van der Waals surface area contributed by atoms with Crippen LogP contribution in [-0.4, -0.2) is 16.5 Å². The van der Waals surface area contributed by atoms with Crippen molar-refractivity contribution in [2.24, 2.45) is 0 Å². The molecule has 4 heteroatoms. The monoisotopic (exact) mass is 231 g/mol. The van der Waals surface area contributed by atoms with Crippen molar-refractivity contribution in [3.8, 4) is 0 Å². The van der Waals surface area contributed by atoms with E-state index in [-0.39, 0.29) is 0 Å². The summed E-state index contributed by atoms with van der Waals surface area (Å²) in [5.74, 6) is 1.13. The van der Waals surface area contributed by atoms with Crippen LogP contribution >= 0.6 is 11.3 Å². The smallest absolute Gasteiger partial charge is 0.135 e. The third-order valence-electron chi connectivity index (χ3n) is 3.00. The fraction of sp³-hybridized carbons (Fsp3) is 0.333. The summed E-state index contributed by atoms with van der Waals surface area (Å²) >= 11 is 1.80. The van der Waals surface area contributed by atoms with Crippen LogP contribution < -0.4 is 4.90 Å². The van der Waals surface area contributed by atoms with Crippen molar-refractivity contribution in [2.45, 2.75) is 19.9 Å². The number of anilines is 1. The molecule has 0 radical (unpaired) electrons. The molecule has 1 aliphatic rings. The number of thiophene rings is 1. The summed E-state index contributed by atoms with van der Waals surface area (Å²) in [5.41, 5.74) is 2.44. The number of hydrogen-bond acceptors (Lipinski definition) is 4. The molecular weight excluding hydrogens is 218 g/mol. The second kappa shape index (κ2) is 3.87. The highest BCUT2D eigenvalue weighted by molar-refractivity contribution is 7.09. The summed E-state index contributed by atoms with van der Waals surface area (Å²) in [7, 11) is 0. The van der Waals surface area contributed by atoms with Gasteiger partial charge in [-0.2, -0.15) is 0 Å². The third-order valence-corrected chi connectivity index (χ3v) is 3.86. The van der Waals surface area contributed by atoms with Crippen LogP contribution in [0.15, 0.2) is 23.8 Å². The summed E-state index contributed by atoms with van der Waals surface area (Å²) in [5, 5.41) is 2.12. The van der Waals surface area contributed by atoms with Crippen LogP contribution in [0.4, 0.5) is 5.82 Å². The maximum atomic E-state index is 4.40. The minimum Gasteiger partial charge on any atom is -0.351 e. The second-order valence-corrected chi connectivity index (χ2v) is 5.04. The molecule has 3 nitrogen and oxygen atoms in total. The first kappa shape index (κ1) is 9.78. The van der Waals surface area contributed by atoms with Gasteiger partial charge in [-0.15, -0.1) is 11.3 Å². The van der Waals surface area contributed by atoms with Gasteiger partial charge in [0, 0.05) is 22.7 Å². The van der Waals surface area contributed by atoms with Gasteiger partial charge in [0.2, 0.25) is 0 Å². The summed E-state index contributed by atoms with van der Waals surface area (Å²) < 4.78 is 0. The van der Waals surface area contributed by atoms with Gasteiger partial charge in [-0.25, -0.2) is 9.97 Å². The van der Waals surface area contributed by atoms with E-state index in [2.05, 4.69) is 39.3 Å². The maximum absolute atomic E-state index is 4.40. The van der Waals surface area contributed by atoms with Gasteiger partial charge in [0.15, 0.2) is 0 Å². The Balaban J connectivity index is 1.89. The zero-order chi connectivity index (χ0) is 11.0. The van der Waals surface area contributed by atoms with Gasteiger partial charge in [-0.3, -0.25) is 0 Å². The maximum Gasteiger partial charge on any atom is 0.135 e. The van der Waals surface area contributed by atoms with E-state index in [1.54, 1.807) is 17.7 Å². The Hall–Kier alpha value is -1.42. The molecule has 2 aromatic heterocycles. The Morgan fingerprint density at radius 1 is 1.44 bits per heavy atom. The SMILES string of the molecule is Cc1ncnc2c1CCN2Cc1cccs1. The minimum atomic E-state index is 0.973. The Morgan fingerprint density at radius 3 is 3.19 bits per heavy atom. The van der Waals surface area contributed by atoms with Gasteiger partial charge in [0.05, 0.1) is 6.54 Å². The van der Waals surface area contributed by atoms with Crippen molar-refractivity contribution in [3.05, 3.63) is 40.0 Å². The Morgan fingerprint density at radius 2 is 2.38 bits per heavy atom. The molecule has 0 N–H and O–H groups in total. The normalized spacial score (nSPS) is 14.2. The molecule has 0 aromatic carbocycles. The second-order valence-electron chi connectivity index (χ2n) is 4.01. The lowest BCUT2D eigenvalue weighted by atomic mass is 10.2. The van der Waals surface area contributed by atoms with Gasteiger partial charge in [0.25, 0.3) is 0 Å². The molecule has 0 unspecified atom stereocenters. The lowest BCUT2D eigenvalue weighted by Crippen LogP contribution is -2.19. The molecule has 0 fully saturated rings. The molecule has 0 saturated heterocycles. The average Bonchev–Trinajstić information content (AvgIpc) is 2.90. The summed E-state index contributed by atoms with van der Waals surface area (Å²) in [4.78, 5) is 12.4. The predicted molar refractivity (Wildman–Crippen MR) is 65.8 cm³/mol. The number of aromatic nitrogens is 2. The van der Waals surface area contributed by atoms with E-state index in [4.69, 9.17) is 0 Å². The fourth-order valence-electron chi connectivity index (χ4n) is 2.15. The number of aryl methyl sites for hydroxylation is 1. The zero-order valence-electron chi connectivity index (χ0n) is 9.18. The van der Waals surface area contributed by atoms with E-state index < -0.39 is 0 Å². The highest BCUT2D eigenvalue weighted by Crippen LogP contribution is 2.28. The summed E-state index contributed by atoms with van der Waals surface area (Å²) in [6.07, 6.45) is 2.74. The zero-order valence-corrected chi connectivity index (χ0v) is 10.00. The van der Waals surface area contributed by atoms with Crippen LogP contribution in [0.5, 0.6) is 0 Å². The number of nitrogens with zero attached hydrogens (tertiary/aromatic N) is 3. The number of fused-ring (bicyclic) bond motifs is 1. The van der Waals surface area contributed by atoms with Gasteiger partial charge in [-0.1, -0.05) is 6.07 Å². The minimum absolute atomic E-state index is 0.973. The van der Waals surface area contributed by atoms with E-state index in [0.29, 0.717) is 0 Å². The van der Waals surface area contributed by atoms with Crippen molar-refractivity contribution in [2.75, 3.05) is 11.4 Å². The Labute approximate surface area is 98.8 Å². The molecule has 3 rings (SSSR count). The van der Waals surface area contributed by atoms with Gasteiger partial charge in [0.1, 0.15) is 12.1 Å². The van der Waals surface area contributed by atoms with Crippen LogP contribution in [0.3, 0.4) is 0 Å². The molecule has 0 amide bonds. The topological polar surface area (TPSA) is 29.0 Å². The van der Waals surface area contributed by atoms with Crippen LogP contribution in [0.2, 0.25) is 0 Å². The van der Waals surface area contributed by atoms with Crippen LogP contribution in [0.1, 0.15) is 16.1 Å². The number of hydrogen-bond donors (Lipinski definition) is 0. The highest BCUT2D eigenvalue weighted by Gasteiger charge is 2.22. The quantitative estimate of drug-likeness (QED) is 0.794. The van der Waals surface area contributed by atoms with Crippen LogP contribution in [-0.2, 0) is 13.0 Å². The first-order chi connectivity index (χ1) is 7.84. The lowest BCUT2D eigenvalue weighted by molar-refractivity contribution is 0.835. The highest BCUT2D eigenvalue weighted by atomic mass is 32.1. The molecule has 82 valence electrons. The van der Waals surface area contributed by atoms with Crippen molar-refractivity contribution >= 4 is 17.2 Å². The predicted octanol–water partition coefficient (Wildman–Crippen LogP) is 2.41. The van der Waals surface area contributed by atoms with E-state index in [9.17, 15) is 0 Å². The summed E-state index contributed by atoms with van der Waals surface area (Å²) in [6.45, 7) is 4.10. The molecule has 1 aliphatic heterocycles. The molecule has 0 saturated carbocycles. The fourth-order valence-corrected chi connectivity index (χ4v) is 2.87. The molecule has 0 bridgehead atoms. The standard InChI is InChI=1S/C12H13N3S/c1-9-11-4-5-15(12(11)14-8-13-9)7-10-3-2-6-16-10/h2-3,6,8H,4-5,7H2,1H3. The van der Waals surface area contributed by atoms with Gasteiger partial charge < -0.3 is 4.90 Å². The summed E-state index contributed by atoms with van der Waals surface area (Å²) in [6, 6.07) is 4.28. The average molecular weight is 231 g/mol. The first-order valence-corrected chi connectivity index (χ1v) is 6.30. The van der Waals surface area contributed by atoms with Crippen molar-refractivity contribution in [1.29, 1.82) is 0 Å². The molecule has 0 atom stereocenters.